The zero-order valence-corrected chi connectivity index (χ0v) is 6.05. The number of hydrogen-bond acceptors (Lipinski definition) is 1. The second-order valence-electron chi connectivity index (χ2n) is 1.90. The number of rotatable bonds is 1. The lowest BCUT2D eigenvalue weighted by molar-refractivity contribution is 1.21. The van der Waals surface area contributed by atoms with E-state index < -0.39 is 5.38 Å². The molecule has 1 atom stereocenters. The van der Waals surface area contributed by atoms with Crippen molar-refractivity contribution < 1.29 is 0 Å². The molecule has 10 heavy (non-hydrogen) atoms. The van der Waals surface area contributed by atoms with Crippen LogP contribution in [-0.4, -0.2) is 0 Å². The van der Waals surface area contributed by atoms with Crippen molar-refractivity contribution in [3.05, 3.63) is 35.9 Å². The Labute approximate surface area is 64.9 Å². The van der Waals surface area contributed by atoms with Gasteiger partial charge in [0, 0.05) is 0 Å². The molecule has 1 rings (SSSR count). The molecule has 0 saturated heterocycles. The normalized spacial score (nSPS) is 12.0. The Kier molecular flexibility index (Phi) is 2.30. The summed E-state index contributed by atoms with van der Waals surface area (Å²) in [6, 6.07) is 11.2. The van der Waals surface area contributed by atoms with Crippen molar-refractivity contribution in [3.63, 3.8) is 0 Å². The van der Waals surface area contributed by atoms with Gasteiger partial charge in [-0.2, -0.15) is 5.26 Å². The molecular formula is C8H6ClN. The third-order valence-corrected chi connectivity index (χ3v) is 1.56. The van der Waals surface area contributed by atoms with Crippen molar-refractivity contribution in [1.29, 1.82) is 5.26 Å². The van der Waals surface area contributed by atoms with E-state index >= 15 is 0 Å². The van der Waals surface area contributed by atoms with Gasteiger partial charge >= 0.3 is 0 Å². The minimum Gasteiger partial charge on any atom is -0.196 e. The monoisotopic (exact) mass is 151 g/mol. The first-order valence-electron chi connectivity index (χ1n) is 2.93. The van der Waals surface area contributed by atoms with E-state index in [1.165, 1.54) is 0 Å². The predicted octanol–water partition coefficient (Wildman–Crippen LogP) is 2.49. The molecule has 0 radical (unpaired) electrons. The van der Waals surface area contributed by atoms with Crippen LogP contribution in [0.5, 0.6) is 0 Å². The Morgan fingerprint density at radius 2 is 1.90 bits per heavy atom. The molecule has 1 aromatic carbocycles. The van der Waals surface area contributed by atoms with Gasteiger partial charge in [-0.25, -0.2) is 0 Å². The molecule has 0 bridgehead atoms. The lowest BCUT2D eigenvalue weighted by atomic mass is 10.2. The van der Waals surface area contributed by atoms with Crippen LogP contribution in [0, 0.1) is 11.3 Å². The van der Waals surface area contributed by atoms with Crippen molar-refractivity contribution in [2.45, 2.75) is 5.38 Å². The van der Waals surface area contributed by atoms with E-state index in [0.29, 0.717) is 0 Å². The van der Waals surface area contributed by atoms with Gasteiger partial charge in [-0.15, -0.1) is 11.6 Å². The third-order valence-electron chi connectivity index (χ3n) is 1.21. The summed E-state index contributed by atoms with van der Waals surface area (Å²) in [7, 11) is 0. The highest BCUT2D eigenvalue weighted by Crippen LogP contribution is 2.17. The molecule has 1 nitrogen and oxygen atoms in total. The van der Waals surface area contributed by atoms with E-state index in [0.717, 1.165) is 5.56 Å². The molecule has 50 valence electrons. The van der Waals surface area contributed by atoms with Crippen LogP contribution in [0.15, 0.2) is 30.3 Å². The standard InChI is InChI=1S/C8H6ClN/c9-8(6-10)7-4-2-1-3-5-7/h1-5,8H. The van der Waals surface area contributed by atoms with Crippen molar-refractivity contribution in [2.75, 3.05) is 0 Å². The highest BCUT2D eigenvalue weighted by Gasteiger charge is 2.02. The molecule has 0 amide bonds. The van der Waals surface area contributed by atoms with Crippen molar-refractivity contribution in [2.24, 2.45) is 0 Å². The van der Waals surface area contributed by atoms with Gasteiger partial charge in [-0.05, 0) is 5.56 Å². The van der Waals surface area contributed by atoms with E-state index in [1.807, 2.05) is 36.4 Å². The molecule has 0 spiro atoms. The fourth-order valence-electron chi connectivity index (χ4n) is 0.697. The van der Waals surface area contributed by atoms with Gasteiger partial charge in [0.2, 0.25) is 0 Å². The Morgan fingerprint density at radius 1 is 1.30 bits per heavy atom. The summed E-state index contributed by atoms with van der Waals surface area (Å²) in [4.78, 5) is 0. The van der Waals surface area contributed by atoms with Crippen LogP contribution >= 0.6 is 11.6 Å². The van der Waals surface area contributed by atoms with Crippen molar-refractivity contribution >= 4 is 11.6 Å². The zero-order chi connectivity index (χ0) is 7.40. The molecule has 1 aromatic rings. The first-order chi connectivity index (χ1) is 4.84. The number of nitrogens with zero attached hydrogens (tertiary/aromatic N) is 1. The Hall–Kier alpha value is -1.00. The number of alkyl halides is 1. The van der Waals surface area contributed by atoms with Crippen LogP contribution in [-0.2, 0) is 0 Å². The summed E-state index contributed by atoms with van der Waals surface area (Å²) >= 11 is 5.63. The maximum Gasteiger partial charge on any atom is 0.145 e. The molecule has 0 aliphatic rings. The smallest absolute Gasteiger partial charge is 0.145 e. The van der Waals surface area contributed by atoms with Gasteiger partial charge < -0.3 is 0 Å². The first kappa shape index (κ1) is 7.11. The molecule has 1 unspecified atom stereocenters. The van der Waals surface area contributed by atoms with Crippen LogP contribution in [0.3, 0.4) is 0 Å². The number of benzene rings is 1. The largest absolute Gasteiger partial charge is 0.196 e. The summed E-state index contributed by atoms with van der Waals surface area (Å²) in [6.45, 7) is 0. The Bertz CT molecular complexity index is 237. The number of hydrogen-bond donors (Lipinski definition) is 0. The molecule has 0 fully saturated rings. The molecule has 0 aliphatic carbocycles. The Balaban J connectivity index is 2.88. The van der Waals surface area contributed by atoms with Crippen LogP contribution in [0.1, 0.15) is 10.9 Å². The van der Waals surface area contributed by atoms with E-state index in [4.69, 9.17) is 16.9 Å². The van der Waals surface area contributed by atoms with Gasteiger partial charge in [0.05, 0.1) is 6.07 Å². The second kappa shape index (κ2) is 3.24. The van der Waals surface area contributed by atoms with Gasteiger partial charge in [0.15, 0.2) is 0 Å². The van der Waals surface area contributed by atoms with E-state index in [-0.39, 0.29) is 0 Å². The van der Waals surface area contributed by atoms with Crippen LogP contribution in [0.2, 0.25) is 0 Å². The number of nitriles is 1. The van der Waals surface area contributed by atoms with E-state index in [9.17, 15) is 0 Å². The third kappa shape index (κ3) is 1.49. The van der Waals surface area contributed by atoms with Crippen molar-refractivity contribution in [3.8, 4) is 6.07 Å². The van der Waals surface area contributed by atoms with Gasteiger partial charge in [0.1, 0.15) is 5.38 Å². The van der Waals surface area contributed by atoms with E-state index in [2.05, 4.69) is 0 Å². The molecule has 0 aliphatic heterocycles. The van der Waals surface area contributed by atoms with Gasteiger partial charge in [-0.3, -0.25) is 0 Å². The predicted molar refractivity (Wildman–Crippen MR) is 40.6 cm³/mol. The molecular weight excluding hydrogens is 146 g/mol. The van der Waals surface area contributed by atoms with Crippen molar-refractivity contribution in [1.82, 2.24) is 0 Å². The number of halogens is 1. The maximum absolute atomic E-state index is 8.41. The maximum atomic E-state index is 8.41. The van der Waals surface area contributed by atoms with Gasteiger partial charge in [0.25, 0.3) is 0 Å². The Morgan fingerprint density at radius 3 is 2.40 bits per heavy atom. The first-order valence-corrected chi connectivity index (χ1v) is 3.37. The van der Waals surface area contributed by atoms with Crippen LogP contribution in [0.4, 0.5) is 0 Å². The SMILES string of the molecule is N#CC(Cl)c1ccccc1. The average molecular weight is 152 g/mol. The minimum absolute atomic E-state index is 0.513. The summed E-state index contributed by atoms with van der Waals surface area (Å²) in [5, 5.41) is 7.89. The summed E-state index contributed by atoms with van der Waals surface area (Å²) in [5.74, 6) is 0. The molecule has 0 aromatic heterocycles. The fourth-order valence-corrected chi connectivity index (χ4v) is 0.842. The second-order valence-corrected chi connectivity index (χ2v) is 2.34. The highest BCUT2D eigenvalue weighted by atomic mass is 35.5. The summed E-state index contributed by atoms with van der Waals surface area (Å²) in [6.07, 6.45) is 0. The summed E-state index contributed by atoms with van der Waals surface area (Å²) in [5.41, 5.74) is 0.853. The highest BCUT2D eigenvalue weighted by molar-refractivity contribution is 6.22. The molecule has 0 saturated carbocycles. The molecule has 0 N–H and O–H groups in total. The lowest BCUT2D eigenvalue weighted by Gasteiger charge is -1.96. The fraction of sp³-hybridized carbons (Fsp3) is 0.125. The molecule has 0 heterocycles. The quantitative estimate of drug-likeness (QED) is 0.566. The topological polar surface area (TPSA) is 23.8 Å². The lowest BCUT2D eigenvalue weighted by Crippen LogP contribution is -1.83. The molecule has 2 heteroatoms. The minimum atomic E-state index is -0.513. The zero-order valence-electron chi connectivity index (χ0n) is 5.29. The van der Waals surface area contributed by atoms with E-state index in [1.54, 1.807) is 0 Å². The van der Waals surface area contributed by atoms with Gasteiger partial charge in [-0.1, -0.05) is 30.3 Å². The summed E-state index contributed by atoms with van der Waals surface area (Å²) < 4.78 is 0. The van der Waals surface area contributed by atoms with Crippen LogP contribution in [0.25, 0.3) is 0 Å². The average Bonchev–Trinajstić information content (AvgIpc) is 2.05. The van der Waals surface area contributed by atoms with Crippen LogP contribution < -0.4 is 0 Å².